The van der Waals surface area contributed by atoms with Gasteiger partial charge in [-0.2, -0.15) is 0 Å². The maximum atomic E-state index is 11.3. The van der Waals surface area contributed by atoms with Crippen LogP contribution in [0.2, 0.25) is 0 Å². The normalized spacial score (nSPS) is 14.2. The molecule has 3 unspecified atom stereocenters. The number of phenolic OH excluding ortho intramolecular Hbond substituents is 1. The molecule has 0 bridgehead atoms. The number of phenols is 1. The van der Waals surface area contributed by atoms with Crippen LogP contribution in [0.25, 0.3) is 0 Å². The van der Waals surface area contributed by atoms with Crippen LogP contribution in [-0.2, 0) is 23.8 Å². The van der Waals surface area contributed by atoms with Crippen LogP contribution >= 0.6 is 0 Å². The predicted octanol–water partition coefficient (Wildman–Crippen LogP) is 4.21. The summed E-state index contributed by atoms with van der Waals surface area (Å²) < 4.78 is 16.3. The van der Waals surface area contributed by atoms with Crippen molar-refractivity contribution in [2.45, 2.75) is 78.6 Å². The number of terminal acetylenes is 1. The number of aromatic hydroxyl groups is 1. The van der Waals surface area contributed by atoms with E-state index in [0.717, 1.165) is 11.1 Å². The molecule has 29 heavy (non-hydrogen) atoms. The molecule has 6 heteroatoms. The lowest BCUT2D eigenvalue weighted by Crippen LogP contribution is -2.36. The van der Waals surface area contributed by atoms with E-state index in [4.69, 9.17) is 20.6 Å². The van der Waals surface area contributed by atoms with Crippen molar-refractivity contribution in [1.82, 2.24) is 0 Å². The Morgan fingerprint density at radius 2 is 1.55 bits per heavy atom. The highest BCUT2D eigenvalue weighted by Gasteiger charge is 2.27. The number of carbonyl (C=O) groups is 2. The lowest BCUT2D eigenvalue weighted by Gasteiger charge is -2.27. The van der Waals surface area contributed by atoms with Crippen molar-refractivity contribution >= 4 is 11.9 Å². The van der Waals surface area contributed by atoms with E-state index in [1.165, 1.54) is 13.8 Å². The molecule has 0 aliphatic heterocycles. The van der Waals surface area contributed by atoms with E-state index < -0.39 is 30.3 Å². The predicted molar refractivity (Wildman–Crippen MR) is 111 cm³/mol. The summed E-state index contributed by atoms with van der Waals surface area (Å²) in [6.07, 6.45) is 3.55. The van der Waals surface area contributed by atoms with Gasteiger partial charge < -0.3 is 19.3 Å². The molecule has 0 spiro atoms. The fourth-order valence-electron chi connectivity index (χ4n) is 2.95. The molecule has 0 heterocycles. The van der Waals surface area contributed by atoms with Crippen LogP contribution < -0.4 is 0 Å². The first kappa shape index (κ1) is 24.5. The van der Waals surface area contributed by atoms with Crippen molar-refractivity contribution in [2.24, 2.45) is 0 Å². The third-order valence-electron chi connectivity index (χ3n) is 4.53. The van der Waals surface area contributed by atoms with Crippen LogP contribution in [-0.4, -0.2) is 35.9 Å². The maximum absolute atomic E-state index is 11.3. The third kappa shape index (κ3) is 7.10. The first-order chi connectivity index (χ1) is 13.5. The summed E-state index contributed by atoms with van der Waals surface area (Å²) in [7, 11) is 0. The number of hydrogen-bond donors (Lipinski definition) is 1. The van der Waals surface area contributed by atoms with Crippen molar-refractivity contribution in [3.63, 3.8) is 0 Å². The van der Waals surface area contributed by atoms with E-state index in [-0.39, 0.29) is 24.2 Å². The summed E-state index contributed by atoms with van der Waals surface area (Å²) in [6, 6.07) is 3.66. The van der Waals surface area contributed by atoms with E-state index in [1.54, 1.807) is 6.92 Å². The van der Waals surface area contributed by atoms with Crippen LogP contribution in [0.15, 0.2) is 12.1 Å². The Morgan fingerprint density at radius 1 is 1.03 bits per heavy atom. The fraction of sp³-hybridized carbons (Fsp3) is 0.565. The summed E-state index contributed by atoms with van der Waals surface area (Å²) in [5, 5.41) is 10.6. The van der Waals surface area contributed by atoms with Gasteiger partial charge in [-0.05, 0) is 47.6 Å². The highest BCUT2D eigenvalue weighted by atomic mass is 16.6. The molecule has 1 aromatic rings. The van der Waals surface area contributed by atoms with Crippen molar-refractivity contribution in [3.8, 4) is 18.1 Å². The monoisotopic (exact) mass is 404 g/mol. The average Bonchev–Trinajstić information content (AvgIpc) is 2.61. The molecule has 0 saturated heterocycles. The SMILES string of the molecule is C#CC(OC(COC(C)=O)C(C)OC(C)=O)c1cc(C(C)C)c(O)c(C(C)C)c1. The molecule has 1 rings (SSSR count). The summed E-state index contributed by atoms with van der Waals surface area (Å²) in [4.78, 5) is 22.6. The number of hydrogen-bond acceptors (Lipinski definition) is 6. The van der Waals surface area contributed by atoms with Gasteiger partial charge in [-0.1, -0.05) is 33.6 Å². The number of esters is 2. The molecule has 0 fully saturated rings. The van der Waals surface area contributed by atoms with Crippen LogP contribution in [0, 0.1) is 12.3 Å². The van der Waals surface area contributed by atoms with Gasteiger partial charge in [0, 0.05) is 13.8 Å². The Bertz CT molecular complexity index is 730. The van der Waals surface area contributed by atoms with E-state index >= 15 is 0 Å². The molecule has 0 amide bonds. The largest absolute Gasteiger partial charge is 0.507 e. The van der Waals surface area contributed by atoms with Crippen LogP contribution in [0.5, 0.6) is 5.75 Å². The molecule has 160 valence electrons. The summed E-state index contributed by atoms with van der Waals surface area (Å²) >= 11 is 0. The Labute approximate surface area is 173 Å². The molecular formula is C23H32O6. The van der Waals surface area contributed by atoms with Gasteiger partial charge in [0.25, 0.3) is 0 Å². The molecule has 3 atom stereocenters. The van der Waals surface area contributed by atoms with Gasteiger partial charge >= 0.3 is 11.9 Å². The Kier molecular flexibility index (Phi) is 9.19. The standard InChI is InChI=1S/C23H32O6/c1-9-21(29-22(12-27-16(7)24)15(6)28-17(8)25)18-10-19(13(2)3)23(26)20(11-18)14(4)5/h1,10-11,13-15,21-22,26H,12H2,2-8H3. The number of carbonyl (C=O) groups excluding carboxylic acids is 2. The molecule has 1 aromatic carbocycles. The molecule has 0 aromatic heterocycles. The lowest BCUT2D eigenvalue weighted by atomic mass is 9.90. The summed E-state index contributed by atoms with van der Waals surface area (Å²) in [5.74, 6) is 2.10. The Hall–Kier alpha value is -2.52. The average molecular weight is 405 g/mol. The topological polar surface area (TPSA) is 82.1 Å². The quantitative estimate of drug-likeness (QED) is 0.490. The van der Waals surface area contributed by atoms with E-state index in [9.17, 15) is 14.7 Å². The molecule has 0 aliphatic carbocycles. The minimum atomic E-state index is -0.774. The Balaban J connectivity index is 3.29. The minimum Gasteiger partial charge on any atom is -0.507 e. The zero-order chi connectivity index (χ0) is 22.3. The second-order valence-electron chi connectivity index (χ2n) is 7.70. The molecule has 0 radical (unpaired) electrons. The van der Waals surface area contributed by atoms with E-state index in [0.29, 0.717) is 5.56 Å². The Morgan fingerprint density at radius 3 is 1.93 bits per heavy atom. The highest BCUT2D eigenvalue weighted by Crippen LogP contribution is 2.37. The molecule has 0 aliphatic rings. The second-order valence-corrected chi connectivity index (χ2v) is 7.70. The van der Waals surface area contributed by atoms with Crippen LogP contribution in [0.4, 0.5) is 0 Å². The lowest BCUT2D eigenvalue weighted by molar-refractivity contribution is -0.163. The number of rotatable bonds is 9. The van der Waals surface area contributed by atoms with Gasteiger partial charge in [-0.15, -0.1) is 6.42 Å². The van der Waals surface area contributed by atoms with E-state index in [2.05, 4.69) is 5.92 Å². The van der Waals surface area contributed by atoms with Gasteiger partial charge in [0.1, 0.15) is 30.7 Å². The fourth-order valence-corrected chi connectivity index (χ4v) is 2.95. The molecular weight excluding hydrogens is 372 g/mol. The first-order valence-corrected chi connectivity index (χ1v) is 9.76. The van der Waals surface area contributed by atoms with Crippen LogP contribution in [0.1, 0.15) is 83.1 Å². The van der Waals surface area contributed by atoms with Crippen molar-refractivity contribution in [3.05, 3.63) is 28.8 Å². The van der Waals surface area contributed by atoms with Crippen molar-refractivity contribution < 1.29 is 28.9 Å². The van der Waals surface area contributed by atoms with Gasteiger partial charge in [-0.3, -0.25) is 9.59 Å². The van der Waals surface area contributed by atoms with Gasteiger partial charge in [0.05, 0.1) is 0 Å². The summed E-state index contributed by atoms with van der Waals surface area (Å²) in [5.41, 5.74) is 2.26. The zero-order valence-electron chi connectivity index (χ0n) is 18.3. The van der Waals surface area contributed by atoms with Gasteiger partial charge in [-0.25, -0.2) is 0 Å². The smallest absolute Gasteiger partial charge is 0.302 e. The molecule has 6 nitrogen and oxygen atoms in total. The highest BCUT2D eigenvalue weighted by molar-refractivity contribution is 5.66. The molecule has 1 N–H and O–H groups in total. The zero-order valence-corrected chi connectivity index (χ0v) is 18.3. The van der Waals surface area contributed by atoms with Crippen molar-refractivity contribution in [2.75, 3.05) is 6.61 Å². The van der Waals surface area contributed by atoms with Gasteiger partial charge in [0.2, 0.25) is 0 Å². The molecule has 0 saturated carbocycles. The van der Waals surface area contributed by atoms with Crippen molar-refractivity contribution in [1.29, 1.82) is 0 Å². The van der Waals surface area contributed by atoms with E-state index in [1.807, 2.05) is 39.8 Å². The second kappa shape index (κ2) is 10.9. The van der Waals surface area contributed by atoms with Crippen LogP contribution in [0.3, 0.4) is 0 Å². The number of benzene rings is 1. The summed E-state index contributed by atoms with van der Waals surface area (Å²) in [6.45, 7) is 12.1. The third-order valence-corrected chi connectivity index (χ3v) is 4.53. The first-order valence-electron chi connectivity index (χ1n) is 9.76. The number of ether oxygens (including phenoxy) is 3. The minimum absolute atomic E-state index is 0.0858. The maximum Gasteiger partial charge on any atom is 0.302 e. The van der Waals surface area contributed by atoms with Gasteiger partial charge in [0.15, 0.2) is 0 Å².